The van der Waals surface area contributed by atoms with Crippen molar-refractivity contribution in [1.29, 1.82) is 0 Å². The number of hydrogen-bond donors (Lipinski definition) is 0. The number of carbonyl (C=O) groups excluding carboxylic acids is 1. The van der Waals surface area contributed by atoms with Crippen LogP contribution in [0.15, 0.2) is 29.2 Å². The maximum absolute atomic E-state index is 13.1. The summed E-state index contributed by atoms with van der Waals surface area (Å²) in [6, 6.07) is 5.06. The molecular weight excluding hydrogens is 388 g/mol. The van der Waals surface area contributed by atoms with Gasteiger partial charge in [-0.15, -0.1) is 0 Å². The van der Waals surface area contributed by atoms with Gasteiger partial charge in [0, 0.05) is 32.3 Å². The van der Waals surface area contributed by atoms with Crippen molar-refractivity contribution in [2.45, 2.75) is 56.3 Å². The molecule has 0 N–H and O–H groups in total. The quantitative estimate of drug-likeness (QED) is 0.682. The molecule has 7 heteroatoms. The van der Waals surface area contributed by atoms with Crippen LogP contribution in [0.3, 0.4) is 0 Å². The van der Waals surface area contributed by atoms with E-state index in [0.29, 0.717) is 24.4 Å². The van der Waals surface area contributed by atoms with Crippen molar-refractivity contribution in [3.63, 3.8) is 0 Å². The van der Waals surface area contributed by atoms with Gasteiger partial charge < -0.3 is 9.64 Å². The summed E-state index contributed by atoms with van der Waals surface area (Å²) in [5, 5.41) is 0. The van der Waals surface area contributed by atoms with Gasteiger partial charge in [-0.05, 0) is 49.5 Å². The Kier molecular flexibility index (Phi) is 7.72. The minimum Gasteiger partial charge on any atom is -0.495 e. The van der Waals surface area contributed by atoms with Crippen molar-refractivity contribution < 1.29 is 17.9 Å². The molecule has 3 rings (SSSR count). The van der Waals surface area contributed by atoms with E-state index in [1.165, 1.54) is 30.7 Å². The summed E-state index contributed by atoms with van der Waals surface area (Å²) in [4.78, 5) is 14.6. The molecular formula is C22H32N2O4S. The number of sulfonamides is 1. The number of hydrogen-bond acceptors (Lipinski definition) is 4. The highest BCUT2D eigenvalue weighted by atomic mass is 32.2. The van der Waals surface area contributed by atoms with E-state index in [2.05, 4.69) is 0 Å². The van der Waals surface area contributed by atoms with Crippen molar-refractivity contribution in [3.8, 4) is 5.75 Å². The van der Waals surface area contributed by atoms with E-state index in [-0.39, 0.29) is 10.8 Å². The fourth-order valence-corrected chi connectivity index (χ4v) is 5.69. The molecule has 29 heavy (non-hydrogen) atoms. The first-order valence-corrected chi connectivity index (χ1v) is 12.1. The summed E-state index contributed by atoms with van der Waals surface area (Å²) in [5.41, 5.74) is 0.682. The zero-order chi connectivity index (χ0) is 20.7. The number of piperidine rings is 1. The minimum absolute atomic E-state index is 0.0110. The van der Waals surface area contributed by atoms with Crippen LogP contribution in [0.25, 0.3) is 6.08 Å². The molecule has 6 nitrogen and oxygen atoms in total. The van der Waals surface area contributed by atoms with Gasteiger partial charge in [-0.3, -0.25) is 4.79 Å². The van der Waals surface area contributed by atoms with Crippen molar-refractivity contribution in [3.05, 3.63) is 29.8 Å². The zero-order valence-corrected chi connectivity index (χ0v) is 18.1. The van der Waals surface area contributed by atoms with Crippen LogP contribution < -0.4 is 4.74 Å². The number of rotatable bonds is 5. The van der Waals surface area contributed by atoms with Gasteiger partial charge in [-0.1, -0.05) is 31.7 Å². The van der Waals surface area contributed by atoms with Crippen LogP contribution in [-0.2, 0) is 14.8 Å². The van der Waals surface area contributed by atoms with Gasteiger partial charge in [-0.25, -0.2) is 8.42 Å². The van der Waals surface area contributed by atoms with E-state index in [0.717, 1.165) is 45.2 Å². The minimum atomic E-state index is -3.62. The molecule has 0 aromatic heterocycles. The summed E-state index contributed by atoms with van der Waals surface area (Å²) in [7, 11) is -2.14. The molecule has 1 aromatic rings. The maximum Gasteiger partial charge on any atom is 0.246 e. The first-order chi connectivity index (χ1) is 14.0. The monoisotopic (exact) mass is 420 g/mol. The molecule has 160 valence electrons. The van der Waals surface area contributed by atoms with E-state index >= 15 is 0 Å². The van der Waals surface area contributed by atoms with Crippen LogP contribution in [-0.4, -0.2) is 56.8 Å². The van der Waals surface area contributed by atoms with E-state index < -0.39 is 10.0 Å². The summed E-state index contributed by atoms with van der Waals surface area (Å²) in [5.74, 6) is 0.325. The van der Waals surface area contributed by atoms with Gasteiger partial charge in [0.25, 0.3) is 0 Å². The molecule has 2 fully saturated rings. The second-order valence-electron chi connectivity index (χ2n) is 7.80. The predicted molar refractivity (Wildman–Crippen MR) is 114 cm³/mol. The van der Waals surface area contributed by atoms with Crippen molar-refractivity contribution >= 4 is 22.0 Å². The lowest BCUT2D eigenvalue weighted by atomic mass is 10.1. The lowest BCUT2D eigenvalue weighted by molar-refractivity contribution is -0.126. The first kappa shape index (κ1) is 21.8. The van der Waals surface area contributed by atoms with Gasteiger partial charge in [0.05, 0.1) is 7.11 Å². The van der Waals surface area contributed by atoms with E-state index in [1.807, 2.05) is 4.90 Å². The zero-order valence-electron chi connectivity index (χ0n) is 17.3. The topological polar surface area (TPSA) is 66.9 Å². The number of carbonyl (C=O) groups is 1. The molecule has 0 spiro atoms. The SMILES string of the molecule is COc1ccc(/C=C/C(=O)N2CCCCCCC2)cc1S(=O)(=O)N1CCCCC1. The highest BCUT2D eigenvalue weighted by Crippen LogP contribution is 2.30. The van der Waals surface area contributed by atoms with E-state index in [9.17, 15) is 13.2 Å². The Bertz CT molecular complexity index is 821. The third-order valence-electron chi connectivity index (χ3n) is 5.71. The molecule has 2 saturated heterocycles. The number of benzene rings is 1. The molecule has 2 heterocycles. The first-order valence-electron chi connectivity index (χ1n) is 10.7. The number of ether oxygens (including phenoxy) is 1. The molecule has 0 unspecified atom stereocenters. The van der Waals surface area contributed by atoms with Crippen LogP contribution in [0.1, 0.15) is 56.9 Å². The highest BCUT2D eigenvalue weighted by Gasteiger charge is 2.29. The Balaban J connectivity index is 1.78. The van der Waals surface area contributed by atoms with E-state index in [4.69, 9.17) is 4.74 Å². The van der Waals surface area contributed by atoms with Crippen LogP contribution in [0.5, 0.6) is 5.75 Å². The van der Waals surface area contributed by atoms with Gasteiger partial charge in [0.15, 0.2) is 0 Å². The lowest BCUT2D eigenvalue weighted by Crippen LogP contribution is -2.35. The number of methoxy groups -OCH3 is 1. The lowest BCUT2D eigenvalue weighted by Gasteiger charge is -2.26. The Morgan fingerprint density at radius 2 is 1.52 bits per heavy atom. The Morgan fingerprint density at radius 3 is 2.17 bits per heavy atom. The fourth-order valence-electron chi connectivity index (χ4n) is 3.98. The number of amides is 1. The van der Waals surface area contributed by atoms with Crippen molar-refractivity contribution in [2.75, 3.05) is 33.3 Å². The summed E-state index contributed by atoms with van der Waals surface area (Å²) in [6.45, 7) is 2.67. The van der Waals surface area contributed by atoms with E-state index in [1.54, 1.807) is 30.4 Å². The molecule has 1 aromatic carbocycles. The largest absolute Gasteiger partial charge is 0.495 e. The summed E-state index contributed by atoms with van der Waals surface area (Å²) >= 11 is 0. The molecule has 2 aliphatic rings. The fraction of sp³-hybridized carbons (Fsp3) is 0.591. The Labute approximate surface area is 174 Å². The van der Waals surface area contributed by atoms with Gasteiger partial charge in [0.1, 0.15) is 10.6 Å². The van der Waals surface area contributed by atoms with Gasteiger partial charge in [-0.2, -0.15) is 4.31 Å². The summed E-state index contributed by atoms with van der Waals surface area (Å²) < 4.78 is 33.1. The van der Waals surface area contributed by atoms with Crippen LogP contribution in [0.2, 0.25) is 0 Å². The standard InChI is InChI=1S/C22H32N2O4S/c1-28-20-12-10-19(11-13-22(25)23-14-6-3-2-4-7-15-23)18-21(20)29(26,27)24-16-8-5-9-17-24/h10-13,18H,2-9,14-17H2,1H3/b13-11+. The van der Waals surface area contributed by atoms with Crippen molar-refractivity contribution in [1.82, 2.24) is 9.21 Å². The molecule has 0 aliphatic carbocycles. The molecule has 0 bridgehead atoms. The third-order valence-corrected chi connectivity index (χ3v) is 7.63. The molecule has 0 saturated carbocycles. The normalized spacial score (nSPS) is 19.7. The van der Waals surface area contributed by atoms with Crippen LogP contribution in [0, 0.1) is 0 Å². The molecule has 0 radical (unpaired) electrons. The smallest absolute Gasteiger partial charge is 0.246 e. The average Bonchev–Trinajstić information content (AvgIpc) is 2.72. The molecule has 0 atom stereocenters. The number of likely N-dealkylation sites (tertiary alicyclic amines) is 1. The third kappa shape index (κ3) is 5.60. The highest BCUT2D eigenvalue weighted by molar-refractivity contribution is 7.89. The molecule has 1 amide bonds. The van der Waals surface area contributed by atoms with Crippen molar-refractivity contribution in [2.24, 2.45) is 0 Å². The van der Waals surface area contributed by atoms with Gasteiger partial charge in [0.2, 0.25) is 15.9 Å². The van der Waals surface area contributed by atoms with Crippen LogP contribution in [0.4, 0.5) is 0 Å². The molecule has 2 aliphatic heterocycles. The number of nitrogens with zero attached hydrogens (tertiary/aromatic N) is 2. The Hall–Kier alpha value is -1.86. The Morgan fingerprint density at radius 1 is 0.931 bits per heavy atom. The van der Waals surface area contributed by atoms with Gasteiger partial charge >= 0.3 is 0 Å². The summed E-state index contributed by atoms with van der Waals surface area (Å²) in [6.07, 6.45) is 11.8. The predicted octanol–water partition coefficient (Wildman–Crippen LogP) is 3.68. The maximum atomic E-state index is 13.1. The second kappa shape index (κ2) is 10.3. The van der Waals surface area contributed by atoms with Crippen LogP contribution >= 0.6 is 0 Å². The average molecular weight is 421 g/mol. The second-order valence-corrected chi connectivity index (χ2v) is 9.71.